The van der Waals surface area contributed by atoms with Crippen LogP contribution in [-0.4, -0.2) is 11.0 Å². The van der Waals surface area contributed by atoms with Crippen molar-refractivity contribution in [3.63, 3.8) is 0 Å². The first-order valence-electron chi connectivity index (χ1n) is 4.36. The van der Waals surface area contributed by atoms with Gasteiger partial charge in [0.15, 0.2) is 5.75 Å². The minimum atomic E-state index is -0.532. The Bertz CT molecular complexity index is 365. The molecule has 0 radical (unpaired) electrons. The molecule has 0 aliphatic rings. The summed E-state index contributed by atoms with van der Waals surface area (Å²) in [5, 5.41) is 10.6. The number of nitro groups is 1. The Morgan fingerprint density at radius 2 is 1.93 bits per heavy atom. The molecule has 0 saturated heterocycles. The largest absolute Gasteiger partial charge is 0.491 e. The standard InChI is InChI=1S/C9H12N2O4/c1-6(2)14-8-3-7(11(12)13)4-9(5-8)15-10/h3-6H,10H2,1-2H3. The molecule has 0 aromatic heterocycles. The number of rotatable bonds is 4. The zero-order valence-corrected chi connectivity index (χ0v) is 8.47. The Balaban J connectivity index is 3.05. The van der Waals surface area contributed by atoms with E-state index in [4.69, 9.17) is 10.6 Å². The van der Waals surface area contributed by atoms with Crippen LogP contribution in [0.5, 0.6) is 11.5 Å². The van der Waals surface area contributed by atoms with Crippen molar-refractivity contribution in [1.29, 1.82) is 0 Å². The second kappa shape index (κ2) is 4.61. The van der Waals surface area contributed by atoms with Crippen LogP contribution < -0.4 is 15.5 Å². The Labute approximate surface area is 86.7 Å². The molecule has 82 valence electrons. The molecule has 15 heavy (non-hydrogen) atoms. The van der Waals surface area contributed by atoms with E-state index in [1.165, 1.54) is 18.2 Å². The van der Waals surface area contributed by atoms with Crippen LogP contribution in [0.4, 0.5) is 5.69 Å². The third-order valence-corrected chi connectivity index (χ3v) is 1.58. The first-order valence-corrected chi connectivity index (χ1v) is 4.36. The maximum Gasteiger partial charge on any atom is 0.276 e. The fourth-order valence-corrected chi connectivity index (χ4v) is 1.07. The molecule has 0 unspecified atom stereocenters. The monoisotopic (exact) mass is 212 g/mol. The molecule has 1 rings (SSSR count). The first-order chi connectivity index (χ1) is 7.02. The lowest BCUT2D eigenvalue weighted by Crippen LogP contribution is -2.07. The van der Waals surface area contributed by atoms with Gasteiger partial charge in [-0.25, -0.2) is 0 Å². The van der Waals surface area contributed by atoms with Crippen molar-refractivity contribution in [1.82, 2.24) is 0 Å². The van der Waals surface area contributed by atoms with Gasteiger partial charge in [0, 0.05) is 6.07 Å². The molecular formula is C9H12N2O4. The van der Waals surface area contributed by atoms with Crippen molar-refractivity contribution in [2.45, 2.75) is 20.0 Å². The van der Waals surface area contributed by atoms with Crippen molar-refractivity contribution in [3.8, 4) is 11.5 Å². The molecule has 0 aliphatic heterocycles. The molecule has 0 spiro atoms. The fourth-order valence-electron chi connectivity index (χ4n) is 1.07. The number of non-ortho nitro benzene ring substituents is 1. The van der Waals surface area contributed by atoms with Gasteiger partial charge in [-0.2, -0.15) is 5.90 Å². The van der Waals surface area contributed by atoms with Gasteiger partial charge in [-0.15, -0.1) is 0 Å². The van der Waals surface area contributed by atoms with Gasteiger partial charge in [0.25, 0.3) is 5.69 Å². The van der Waals surface area contributed by atoms with Gasteiger partial charge in [0.1, 0.15) is 5.75 Å². The van der Waals surface area contributed by atoms with Crippen LogP contribution in [0.1, 0.15) is 13.8 Å². The van der Waals surface area contributed by atoms with Crippen molar-refractivity contribution >= 4 is 5.69 Å². The Kier molecular flexibility index (Phi) is 3.46. The van der Waals surface area contributed by atoms with Crippen LogP contribution in [0.25, 0.3) is 0 Å². The molecule has 0 fully saturated rings. The van der Waals surface area contributed by atoms with E-state index in [1.807, 2.05) is 13.8 Å². The molecule has 6 nitrogen and oxygen atoms in total. The molecule has 0 aliphatic carbocycles. The summed E-state index contributed by atoms with van der Waals surface area (Å²) in [5.74, 6) is 5.50. The van der Waals surface area contributed by atoms with E-state index in [-0.39, 0.29) is 17.5 Å². The summed E-state index contributed by atoms with van der Waals surface area (Å²) in [6.07, 6.45) is -0.0716. The van der Waals surface area contributed by atoms with Crippen LogP contribution in [0.3, 0.4) is 0 Å². The highest BCUT2D eigenvalue weighted by Crippen LogP contribution is 2.27. The quantitative estimate of drug-likeness (QED) is 0.605. The van der Waals surface area contributed by atoms with E-state index in [9.17, 15) is 10.1 Å². The highest BCUT2D eigenvalue weighted by Gasteiger charge is 2.11. The molecule has 0 saturated carbocycles. The second-order valence-corrected chi connectivity index (χ2v) is 3.20. The number of nitrogens with zero attached hydrogens (tertiary/aromatic N) is 1. The van der Waals surface area contributed by atoms with Gasteiger partial charge < -0.3 is 9.57 Å². The molecule has 1 aromatic carbocycles. The van der Waals surface area contributed by atoms with E-state index >= 15 is 0 Å². The summed E-state index contributed by atoms with van der Waals surface area (Å²) < 4.78 is 5.31. The fraction of sp³-hybridized carbons (Fsp3) is 0.333. The maximum absolute atomic E-state index is 10.6. The zero-order valence-electron chi connectivity index (χ0n) is 8.47. The average Bonchev–Trinajstić information content (AvgIpc) is 2.16. The molecule has 0 atom stereocenters. The lowest BCUT2D eigenvalue weighted by atomic mass is 10.3. The van der Waals surface area contributed by atoms with Gasteiger partial charge in [0.05, 0.1) is 23.2 Å². The molecule has 0 heterocycles. The van der Waals surface area contributed by atoms with Crippen LogP contribution in [0.15, 0.2) is 18.2 Å². The third-order valence-electron chi connectivity index (χ3n) is 1.58. The number of ether oxygens (including phenoxy) is 1. The summed E-state index contributed by atoms with van der Waals surface area (Å²) in [5.41, 5.74) is -0.117. The number of hydrogen-bond donors (Lipinski definition) is 1. The molecular weight excluding hydrogens is 200 g/mol. The summed E-state index contributed by atoms with van der Waals surface area (Å²) in [6, 6.07) is 4.04. The smallest absolute Gasteiger partial charge is 0.276 e. The minimum absolute atomic E-state index is 0.0716. The normalized spacial score (nSPS) is 10.1. The topological polar surface area (TPSA) is 87.6 Å². The second-order valence-electron chi connectivity index (χ2n) is 3.20. The summed E-state index contributed by atoms with van der Waals surface area (Å²) >= 11 is 0. The van der Waals surface area contributed by atoms with Crippen molar-refractivity contribution in [2.24, 2.45) is 5.90 Å². The molecule has 0 amide bonds. The predicted octanol–water partition coefficient (Wildman–Crippen LogP) is 1.63. The van der Waals surface area contributed by atoms with Crippen molar-refractivity contribution in [3.05, 3.63) is 28.3 Å². The first kappa shape index (κ1) is 11.3. The molecule has 1 aromatic rings. The summed E-state index contributed by atoms with van der Waals surface area (Å²) in [7, 11) is 0. The van der Waals surface area contributed by atoms with E-state index in [1.54, 1.807) is 0 Å². The van der Waals surface area contributed by atoms with Crippen molar-refractivity contribution in [2.75, 3.05) is 0 Å². The summed E-state index contributed by atoms with van der Waals surface area (Å²) in [6.45, 7) is 3.64. The summed E-state index contributed by atoms with van der Waals surface area (Å²) in [4.78, 5) is 14.5. The predicted molar refractivity (Wildman–Crippen MR) is 53.7 cm³/mol. The Morgan fingerprint density at radius 3 is 2.40 bits per heavy atom. The zero-order chi connectivity index (χ0) is 11.4. The van der Waals surface area contributed by atoms with Gasteiger partial charge in [0.2, 0.25) is 0 Å². The van der Waals surface area contributed by atoms with Crippen LogP contribution in [-0.2, 0) is 0 Å². The van der Waals surface area contributed by atoms with E-state index in [0.29, 0.717) is 5.75 Å². The van der Waals surface area contributed by atoms with Gasteiger partial charge in [-0.05, 0) is 13.8 Å². The molecule has 6 heteroatoms. The highest BCUT2D eigenvalue weighted by molar-refractivity contribution is 5.45. The average molecular weight is 212 g/mol. The van der Waals surface area contributed by atoms with Crippen LogP contribution >= 0.6 is 0 Å². The maximum atomic E-state index is 10.6. The lowest BCUT2D eigenvalue weighted by Gasteiger charge is -2.10. The van der Waals surface area contributed by atoms with E-state index in [0.717, 1.165) is 0 Å². The van der Waals surface area contributed by atoms with Gasteiger partial charge in [-0.3, -0.25) is 10.1 Å². The van der Waals surface area contributed by atoms with Gasteiger partial charge >= 0.3 is 0 Å². The van der Waals surface area contributed by atoms with Gasteiger partial charge in [-0.1, -0.05) is 0 Å². The Hall–Kier alpha value is -1.82. The lowest BCUT2D eigenvalue weighted by molar-refractivity contribution is -0.385. The number of benzene rings is 1. The Morgan fingerprint density at radius 1 is 1.33 bits per heavy atom. The van der Waals surface area contributed by atoms with Crippen LogP contribution in [0.2, 0.25) is 0 Å². The van der Waals surface area contributed by atoms with Crippen LogP contribution in [0, 0.1) is 10.1 Å². The number of hydrogen-bond acceptors (Lipinski definition) is 5. The highest BCUT2D eigenvalue weighted by atomic mass is 16.6. The molecule has 2 N–H and O–H groups in total. The SMILES string of the molecule is CC(C)Oc1cc(ON)cc([N+](=O)[O-])c1. The molecule has 0 bridgehead atoms. The van der Waals surface area contributed by atoms with Crippen molar-refractivity contribution < 1.29 is 14.5 Å². The van der Waals surface area contributed by atoms with E-state index in [2.05, 4.69) is 4.84 Å². The minimum Gasteiger partial charge on any atom is -0.491 e. The van der Waals surface area contributed by atoms with E-state index < -0.39 is 4.92 Å². The number of nitrogens with two attached hydrogens (primary N) is 1. The number of nitro benzene ring substituents is 1. The third kappa shape index (κ3) is 3.10.